The number of methoxy groups -OCH3 is 1. The third-order valence-corrected chi connectivity index (χ3v) is 4.60. The number of ketones is 1. The molecule has 10 heteroatoms. The number of hydrogen-bond acceptors (Lipinski definition) is 6. The van der Waals surface area contributed by atoms with Gasteiger partial charge in [-0.3, -0.25) is 10.2 Å². The highest BCUT2D eigenvalue weighted by Gasteiger charge is 2.14. The third kappa shape index (κ3) is 5.07. The zero-order chi connectivity index (χ0) is 20.3. The maximum atomic E-state index is 12.6. The van der Waals surface area contributed by atoms with E-state index in [1.165, 1.54) is 16.3 Å². The molecule has 0 aliphatic heterocycles. The van der Waals surface area contributed by atoms with Gasteiger partial charge in [-0.15, -0.1) is 22.6 Å². The fourth-order valence-electron chi connectivity index (χ4n) is 2.78. The second kappa shape index (κ2) is 9.76. The summed E-state index contributed by atoms with van der Waals surface area (Å²) in [6, 6.07) is 8.22. The third-order valence-electron chi connectivity index (χ3n) is 4.38. The minimum Gasteiger partial charge on any atom is -0.497 e. The summed E-state index contributed by atoms with van der Waals surface area (Å²) in [5, 5.41) is 17.3. The molecule has 0 saturated carbocycles. The molecule has 0 radical (unpaired) electrons. The van der Waals surface area contributed by atoms with Crippen LogP contribution in [-0.2, 0) is 6.54 Å². The SMILES string of the molecule is CCC(CC)Oc1ccc2nn(CC(=O)c3cc(Cl)cc(OC)c3)c(=N)n2n1.Cl. The quantitative estimate of drug-likeness (QED) is 0.541. The van der Waals surface area contributed by atoms with E-state index in [0.717, 1.165) is 12.8 Å². The summed E-state index contributed by atoms with van der Waals surface area (Å²) in [5.74, 6) is 0.674. The van der Waals surface area contributed by atoms with Gasteiger partial charge in [0.2, 0.25) is 11.5 Å². The van der Waals surface area contributed by atoms with Crippen molar-refractivity contribution in [2.45, 2.75) is 39.3 Å². The van der Waals surface area contributed by atoms with Crippen LogP contribution in [0.3, 0.4) is 0 Å². The van der Waals surface area contributed by atoms with Crippen LogP contribution in [-0.4, -0.2) is 38.4 Å². The lowest BCUT2D eigenvalue weighted by molar-refractivity contribution is 0.0965. The van der Waals surface area contributed by atoms with Gasteiger partial charge >= 0.3 is 0 Å². The minimum atomic E-state index is -0.240. The summed E-state index contributed by atoms with van der Waals surface area (Å²) in [7, 11) is 1.51. The van der Waals surface area contributed by atoms with Crippen LogP contribution >= 0.6 is 24.0 Å². The van der Waals surface area contributed by atoms with Gasteiger partial charge in [-0.25, -0.2) is 4.68 Å². The first-order chi connectivity index (χ1) is 13.4. The number of halogens is 2. The monoisotopic (exact) mass is 439 g/mol. The van der Waals surface area contributed by atoms with E-state index in [2.05, 4.69) is 10.2 Å². The molecule has 0 fully saturated rings. The average molecular weight is 440 g/mol. The number of nitrogens with zero attached hydrogens (tertiary/aromatic N) is 4. The number of rotatable bonds is 8. The highest BCUT2D eigenvalue weighted by molar-refractivity contribution is 6.31. The van der Waals surface area contributed by atoms with E-state index < -0.39 is 0 Å². The number of Topliss-reactive ketones (excluding diaryl/α,β-unsaturated/α-hetero) is 1. The number of ether oxygens (including phenoxy) is 2. The molecule has 29 heavy (non-hydrogen) atoms. The minimum absolute atomic E-state index is 0. The summed E-state index contributed by atoms with van der Waals surface area (Å²) in [5.41, 5.74) is 0.824. The zero-order valence-electron chi connectivity index (χ0n) is 16.4. The highest BCUT2D eigenvalue weighted by Crippen LogP contribution is 2.21. The summed E-state index contributed by atoms with van der Waals surface area (Å²) in [6.45, 7) is 3.98. The van der Waals surface area contributed by atoms with Crippen LogP contribution in [0.1, 0.15) is 37.0 Å². The lowest BCUT2D eigenvalue weighted by Gasteiger charge is -2.14. The fraction of sp³-hybridized carbons (Fsp3) is 0.368. The molecule has 0 aliphatic rings. The van der Waals surface area contributed by atoms with E-state index >= 15 is 0 Å². The van der Waals surface area contributed by atoms with Gasteiger partial charge in [-0.2, -0.15) is 4.52 Å². The predicted molar refractivity (Wildman–Crippen MR) is 111 cm³/mol. The molecule has 0 spiro atoms. The summed E-state index contributed by atoms with van der Waals surface area (Å²) >= 11 is 6.03. The molecule has 0 bridgehead atoms. The van der Waals surface area contributed by atoms with Crippen LogP contribution in [0.5, 0.6) is 11.6 Å². The molecular formula is C19H23Cl2N5O3. The lowest BCUT2D eigenvalue weighted by Crippen LogP contribution is -2.26. The van der Waals surface area contributed by atoms with Gasteiger partial charge < -0.3 is 9.47 Å². The number of carbonyl (C=O) groups excluding carboxylic acids is 1. The number of nitrogens with one attached hydrogen (secondary N) is 1. The van der Waals surface area contributed by atoms with Gasteiger partial charge in [-0.05, 0) is 37.1 Å². The average Bonchev–Trinajstić information content (AvgIpc) is 3.00. The number of carbonyl (C=O) groups is 1. The van der Waals surface area contributed by atoms with Crippen LogP contribution in [0.4, 0.5) is 0 Å². The van der Waals surface area contributed by atoms with Crippen molar-refractivity contribution in [3.63, 3.8) is 0 Å². The second-order valence-electron chi connectivity index (χ2n) is 6.28. The van der Waals surface area contributed by atoms with E-state index in [0.29, 0.717) is 27.9 Å². The van der Waals surface area contributed by atoms with Crippen molar-refractivity contribution in [1.82, 2.24) is 19.4 Å². The van der Waals surface area contributed by atoms with Crippen molar-refractivity contribution in [1.29, 1.82) is 5.41 Å². The van der Waals surface area contributed by atoms with Gasteiger partial charge in [0.05, 0.1) is 13.2 Å². The lowest BCUT2D eigenvalue weighted by atomic mass is 10.1. The Labute approximate surface area is 179 Å². The Morgan fingerprint density at radius 3 is 2.59 bits per heavy atom. The molecule has 156 valence electrons. The van der Waals surface area contributed by atoms with Crippen LogP contribution < -0.4 is 15.1 Å². The molecular weight excluding hydrogens is 417 g/mol. The van der Waals surface area contributed by atoms with E-state index in [1.54, 1.807) is 30.3 Å². The van der Waals surface area contributed by atoms with Gasteiger partial charge in [-0.1, -0.05) is 25.4 Å². The summed E-state index contributed by atoms with van der Waals surface area (Å²) < 4.78 is 13.6. The second-order valence-corrected chi connectivity index (χ2v) is 6.72. The van der Waals surface area contributed by atoms with E-state index in [9.17, 15) is 4.79 Å². The molecule has 1 N–H and O–H groups in total. The van der Waals surface area contributed by atoms with Gasteiger partial charge in [0.1, 0.15) is 12.3 Å². The molecule has 3 rings (SSSR count). The molecule has 2 heterocycles. The molecule has 0 unspecified atom stereocenters. The van der Waals surface area contributed by atoms with Crippen molar-refractivity contribution in [3.8, 4) is 11.6 Å². The number of fused-ring (bicyclic) bond motifs is 1. The van der Waals surface area contributed by atoms with Crippen LogP contribution in [0.15, 0.2) is 30.3 Å². The first-order valence-corrected chi connectivity index (χ1v) is 9.38. The number of aromatic nitrogens is 4. The van der Waals surface area contributed by atoms with E-state index in [-0.39, 0.29) is 36.5 Å². The maximum absolute atomic E-state index is 12.6. The number of benzene rings is 1. The first kappa shape index (κ1) is 22.7. The van der Waals surface area contributed by atoms with Gasteiger partial charge in [0.25, 0.3) is 0 Å². The van der Waals surface area contributed by atoms with Crippen molar-refractivity contribution >= 4 is 35.4 Å². The Kier molecular flexibility index (Phi) is 7.64. The highest BCUT2D eigenvalue weighted by atomic mass is 35.5. The maximum Gasteiger partial charge on any atom is 0.242 e. The van der Waals surface area contributed by atoms with E-state index in [4.69, 9.17) is 26.5 Å². The molecule has 0 atom stereocenters. The van der Waals surface area contributed by atoms with Crippen LogP contribution in [0.2, 0.25) is 5.02 Å². The topological polar surface area (TPSA) is 94.5 Å². The van der Waals surface area contributed by atoms with Gasteiger partial charge in [0.15, 0.2) is 11.4 Å². The van der Waals surface area contributed by atoms with Crippen molar-refractivity contribution < 1.29 is 14.3 Å². The van der Waals surface area contributed by atoms with Gasteiger partial charge in [0, 0.05) is 16.7 Å². The van der Waals surface area contributed by atoms with E-state index in [1.807, 2.05) is 13.8 Å². The summed E-state index contributed by atoms with van der Waals surface area (Å²) in [4.78, 5) is 12.6. The molecule has 3 aromatic rings. The Balaban J connectivity index is 0.00000300. The normalized spacial score (nSPS) is 10.8. The fourth-order valence-corrected chi connectivity index (χ4v) is 3.00. The van der Waals surface area contributed by atoms with Crippen molar-refractivity contribution in [2.75, 3.05) is 7.11 Å². The smallest absolute Gasteiger partial charge is 0.242 e. The first-order valence-electron chi connectivity index (χ1n) is 9.01. The largest absolute Gasteiger partial charge is 0.497 e. The predicted octanol–water partition coefficient (Wildman–Crippen LogP) is 3.54. The van der Waals surface area contributed by atoms with Crippen LogP contribution in [0.25, 0.3) is 5.65 Å². The molecule has 0 aliphatic carbocycles. The van der Waals surface area contributed by atoms with Crippen molar-refractivity contribution in [3.05, 3.63) is 46.5 Å². The molecule has 2 aromatic heterocycles. The molecule has 0 saturated heterocycles. The Bertz CT molecular complexity index is 1060. The Hall–Kier alpha value is -2.58. The molecule has 1 aromatic carbocycles. The van der Waals surface area contributed by atoms with Crippen molar-refractivity contribution in [2.24, 2.45) is 0 Å². The molecule has 8 nitrogen and oxygen atoms in total. The Morgan fingerprint density at radius 2 is 1.93 bits per heavy atom. The zero-order valence-corrected chi connectivity index (χ0v) is 18.0. The molecule has 0 amide bonds. The van der Waals surface area contributed by atoms with Crippen LogP contribution in [0, 0.1) is 5.41 Å². The summed E-state index contributed by atoms with van der Waals surface area (Å²) in [6.07, 6.45) is 1.80. The standard InChI is InChI=1S/C19H22ClN5O3.ClH/c1-4-14(5-2)28-18-7-6-17-22-24(19(21)25(17)23-18)11-16(26)12-8-13(20)10-15(9-12)27-3;/h6-10,14,21H,4-5,11H2,1-3H3;1H. The Morgan fingerprint density at radius 1 is 1.21 bits per heavy atom. The number of hydrogen-bond donors (Lipinski definition) is 1.